The molecule has 0 atom stereocenters. The van der Waals surface area contributed by atoms with E-state index in [1.807, 2.05) is 0 Å². The first-order valence-electron chi connectivity index (χ1n) is 6.92. The third-order valence-electron chi connectivity index (χ3n) is 3.21. The Bertz CT molecular complexity index is 939. The number of ether oxygens (including phenoxy) is 1. The van der Waals surface area contributed by atoms with Gasteiger partial charge in [-0.15, -0.1) is 0 Å². The number of nitriles is 2. The maximum atomic E-state index is 13.9. The lowest BCUT2D eigenvalue weighted by atomic mass is 9.96. The Morgan fingerprint density at radius 3 is 2.50 bits per heavy atom. The van der Waals surface area contributed by atoms with Crippen molar-refractivity contribution in [2.75, 3.05) is 12.3 Å². The summed E-state index contributed by atoms with van der Waals surface area (Å²) in [6.07, 6.45) is 0.566. The Labute approximate surface area is 135 Å². The first-order valence-corrected chi connectivity index (χ1v) is 6.92. The summed E-state index contributed by atoms with van der Waals surface area (Å²) in [5.41, 5.74) is 3.92. The molecule has 0 unspecified atom stereocenters. The quantitative estimate of drug-likeness (QED) is 0.893. The fourth-order valence-electron chi connectivity index (χ4n) is 2.16. The summed E-state index contributed by atoms with van der Waals surface area (Å²) in [4.78, 5) is 14.0. The summed E-state index contributed by atoms with van der Waals surface area (Å²) >= 11 is 0. The van der Waals surface area contributed by atoms with Crippen LogP contribution in [-0.4, -0.2) is 11.6 Å². The van der Waals surface area contributed by atoms with Gasteiger partial charge in [0.1, 0.15) is 29.1 Å². The van der Waals surface area contributed by atoms with Gasteiger partial charge >= 0.3 is 0 Å². The van der Waals surface area contributed by atoms with Gasteiger partial charge in [0, 0.05) is 5.56 Å². The maximum absolute atomic E-state index is 13.9. The number of halogens is 2. The highest BCUT2D eigenvalue weighted by Gasteiger charge is 2.21. The number of nitrogens with one attached hydrogen (secondary N) is 1. The summed E-state index contributed by atoms with van der Waals surface area (Å²) in [6, 6.07) is 5.32. The van der Waals surface area contributed by atoms with Gasteiger partial charge in [0.25, 0.3) is 5.56 Å². The predicted octanol–water partition coefficient (Wildman–Crippen LogP) is 2.43. The number of rotatable bonds is 4. The van der Waals surface area contributed by atoms with E-state index in [1.165, 1.54) is 0 Å². The van der Waals surface area contributed by atoms with Gasteiger partial charge in [-0.05, 0) is 24.1 Å². The Morgan fingerprint density at radius 2 is 1.92 bits per heavy atom. The number of anilines is 1. The molecule has 0 spiro atoms. The summed E-state index contributed by atoms with van der Waals surface area (Å²) in [7, 11) is 0. The SMILES string of the molecule is CCCOc1cc(-c2c(C#N)c(N)[nH]c(=O)c2C#N)cc(F)c1F. The number of hydrogen-bond acceptors (Lipinski definition) is 5. The van der Waals surface area contributed by atoms with Crippen molar-refractivity contribution < 1.29 is 13.5 Å². The van der Waals surface area contributed by atoms with Gasteiger partial charge in [0.2, 0.25) is 5.82 Å². The van der Waals surface area contributed by atoms with Crippen molar-refractivity contribution >= 4 is 5.82 Å². The molecule has 3 N–H and O–H groups in total. The fourth-order valence-corrected chi connectivity index (χ4v) is 2.16. The normalized spacial score (nSPS) is 10.0. The van der Waals surface area contributed by atoms with Crippen LogP contribution in [0.4, 0.5) is 14.6 Å². The zero-order chi connectivity index (χ0) is 17.9. The van der Waals surface area contributed by atoms with E-state index in [2.05, 4.69) is 4.98 Å². The third-order valence-corrected chi connectivity index (χ3v) is 3.21. The molecule has 2 aromatic rings. The van der Waals surface area contributed by atoms with Crippen LogP contribution in [0.25, 0.3) is 11.1 Å². The van der Waals surface area contributed by atoms with Crippen LogP contribution in [0.3, 0.4) is 0 Å². The molecule has 1 heterocycles. The first kappa shape index (κ1) is 17.0. The van der Waals surface area contributed by atoms with Gasteiger partial charge in [-0.3, -0.25) is 4.79 Å². The van der Waals surface area contributed by atoms with Crippen molar-refractivity contribution in [1.82, 2.24) is 4.98 Å². The van der Waals surface area contributed by atoms with Crippen LogP contribution in [0.1, 0.15) is 24.5 Å². The molecule has 0 amide bonds. The van der Waals surface area contributed by atoms with E-state index >= 15 is 0 Å². The Balaban J connectivity index is 2.82. The second kappa shape index (κ2) is 6.80. The van der Waals surface area contributed by atoms with Crippen molar-refractivity contribution in [1.29, 1.82) is 10.5 Å². The summed E-state index contributed by atoms with van der Waals surface area (Å²) in [5.74, 6) is -3.07. The molecule has 0 fully saturated rings. The van der Waals surface area contributed by atoms with Crippen LogP contribution in [-0.2, 0) is 0 Å². The summed E-state index contributed by atoms with van der Waals surface area (Å²) in [5, 5.41) is 18.4. The van der Waals surface area contributed by atoms with Gasteiger partial charge in [-0.2, -0.15) is 14.9 Å². The molecule has 1 aromatic carbocycles. The Morgan fingerprint density at radius 1 is 1.25 bits per heavy atom. The lowest BCUT2D eigenvalue weighted by Crippen LogP contribution is -2.16. The lowest BCUT2D eigenvalue weighted by Gasteiger charge is -2.12. The molecule has 0 aliphatic rings. The zero-order valence-electron chi connectivity index (χ0n) is 12.6. The molecule has 2 rings (SSSR count). The van der Waals surface area contributed by atoms with E-state index in [4.69, 9.17) is 10.5 Å². The summed E-state index contributed by atoms with van der Waals surface area (Å²) < 4.78 is 32.8. The molecule has 6 nitrogen and oxygen atoms in total. The van der Waals surface area contributed by atoms with E-state index in [9.17, 15) is 24.1 Å². The van der Waals surface area contributed by atoms with Crippen molar-refractivity contribution in [2.24, 2.45) is 0 Å². The van der Waals surface area contributed by atoms with E-state index in [-0.39, 0.29) is 34.9 Å². The van der Waals surface area contributed by atoms with Gasteiger partial charge in [-0.1, -0.05) is 6.92 Å². The van der Waals surface area contributed by atoms with Gasteiger partial charge < -0.3 is 15.5 Å². The minimum atomic E-state index is -1.23. The highest BCUT2D eigenvalue weighted by atomic mass is 19.2. The molecule has 0 radical (unpaired) electrons. The molecule has 1 aromatic heterocycles. The van der Waals surface area contributed by atoms with Gasteiger partial charge in [0.05, 0.1) is 6.61 Å². The Kier molecular flexibility index (Phi) is 4.81. The molecular formula is C16H12F2N4O2. The van der Waals surface area contributed by atoms with Crippen LogP contribution < -0.4 is 16.0 Å². The van der Waals surface area contributed by atoms with E-state index in [1.54, 1.807) is 19.1 Å². The van der Waals surface area contributed by atoms with Crippen molar-refractivity contribution in [3.05, 3.63) is 45.2 Å². The number of H-pyrrole nitrogens is 1. The predicted molar refractivity (Wildman–Crippen MR) is 82.0 cm³/mol. The van der Waals surface area contributed by atoms with E-state index in [0.29, 0.717) is 6.42 Å². The second-order valence-electron chi connectivity index (χ2n) is 4.84. The van der Waals surface area contributed by atoms with Crippen molar-refractivity contribution in [3.8, 4) is 29.0 Å². The smallest absolute Gasteiger partial charge is 0.268 e. The molecule has 0 aliphatic carbocycles. The number of aromatic nitrogens is 1. The minimum absolute atomic E-state index is 0.0501. The highest BCUT2D eigenvalue weighted by Crippen LogP contribution is 2.33. The number of hydrogen-bond donors (Lipinski definition) is 2. The molecule has 24 heavy (non-hydrogen) atoms. The molecule has 0 bridgehead atoms. The average molecular weight is 330 g/mol. The molecular weight excluding hydrogens is 318 g/mol. The number of aromatic amines is 1. The molecule has 0 saturated heterocycles. The highest BCUT2D eigenvalue weighted by molar-refractivity contribution is 5.80. The van der Waals surface area contributed by atoms with Crippen LogP contribution >= 0.6 is 0 Å². The number of pyridine rings is 1. The van der Waals surface area contributed by atoms with E-state index in [0.717, 1.165) is 12.1 Å². The Hall–Kier alpha value is -3.39. The largest absolute Gasteiger partial charge is 0.490 e. The maximum Gasteiger partial charge on any atom is 0.268 e. The summed E-state index contributed by atoms with van der Waals surface area (Å²) in [6.45, 7) is 1.94. The first-order chi connectivity index (χ1) is 11.4. The molecule has 122 valence electrons. The van der Waals surface area contributed by atoms with E-state index < -0.39 is 22.8 Å². The molecule has 8 heteroatoms. The van der Waals surface area contributed by atoms with Crippen LogP contribution in [0.15, 0.2) is 16.9 Å². The topological polar surface area (TPSA) is 116 Å². The zero-order valence-corrected chi connectivity index (χ0v) is 12.6. The lowest BCUT2D eigenvalue weighted by molar-refractivity contribution is 0.295. The van der Waals surface area contributed by atoms with Gasteiger partial charge in [0.15, 0.2) is 11.6 Å². The standard InChI is InChI=1S/C16H12F2N4O2/c1-2-3-24-12-5-8(4-11(17)14(12)18)13-9(6-19)15(21)22-16(23)10(13)7-20/h4-5H,2-3H2,1H3,(H3,21,22,23). The van der Waals surface area contributed by atoms with Crippen molar-refractivity contribution in [2.45, 2.75) is 13.3 Å². The minimum Gasteiger partial charge on any atom is -0.490 e. The second-order valence-corrected chi connectivity index (χ2v) is 4.84. The molecule has 0 saturated carbocycles. The number of nitrogens with zero attached hydrogens (tertiary/aromatic N) is 2. The van der Waals surface area contributed by atoms with Gasteiger partial charge in [-0.25, -0.2) is 4.39 Å². The fraction of sp³-hybridized carbons (Fsp3) is 0.188. The van der Waals surface area contributed by atoms with Crippen molar-refractivity contribution in [3.63, 3.8) is 0 Å². The van der Waals surface area contributed by atoms with Crippen LogP contribution in [0.2, 0.25) is 0 Å². The monoisotopic (exact) mass is 330 g/mol. The molecule has 0 aliphatic heterocycles. The average Bonchev–Trinajstić information content (AvgIpc) is 2.55. The number of nitrogens with two attached hydrogens (primary N) is 1. The number of nitrogen functional groups attached to an aromatic ring is 1. The van der Waals surface area contributed by atoms with Crippen LogP contribution in [0, 0.1) is 34.3 Å². The number of benzene rings is 1. The van der Waals surface area contributed by atoms with Crippen LogP contribution in [0.5, 0.6) is 5.75 Å². The third kappa shape index (κ3) is 2.90.